The first-order chi connectivity index (χ1) is 29.7. The summed E-state index contributed by atoms with van der Waals surface area (Å²) in [6, 6.07) is -0.535. The fraction of sp³-hybridized carbons (Fsp3) is 0.946. The number of rotatable bonds is 52. The summed E-state index contributed by atoms with van der Waals surface area (Å²) in [4.78, 5) is 12.5. The lowest BCUT2D eigenvalue weighted by atomic mass is 10.0. The van der Waals surface area contributed by atoms with Crippen molar-refractivity contribution >= 4 is 5.91 Å². The average molecular weight is 847 g/mol. The number of amides is 1. The second kappa shape index (κ2) is 52.5. The van der Waals surface area contributed by atoms with Gasteiger partial charge in [-0.2, -0.15) is 0 Å². The third-order valence-electron chi connectivity index (χ3n) is 13.3. The first-order valence-electron chi connectivity index (χ1n) is 27.9. The van der Waals surface area contributed by atoms with E-state index in [0.717, 1.165) is 25.7 Å². The molecule has 0 rings (SSSR count). The topological polar surface area (TPSA) is 69.6 Å². The van der Waals surface area contributed by atoms with E-state index in [0.29, 0.717) is 12.8 Å². The Bertz CT molecular complexity index is 829. The summed E-state index contributed by atoms with van der Waals surface area (Å²) in [5.41, 5.74) is 0. The maximum absolute atomic E-state index is 12.5. The number of carbonyl (C=O) groups excluding carboxylic acids is 1. The molecule has 0 aliphatic rings. The van der Waals surface area contributed by atoms with Gasteiger partial charge in [0.05, 0.1) is 18.8 Å². The number of allylic oxidation sites excluding steroid dienone is 2. The Hall–Kier alpha value is -0.870. The molecule has 0 fully saturated rings. The predicted octanol–water partition coefficient (Wildman–Crippen LogP) is 18.1. The molecule has 0 spiro atoms. The lowest BCUT2D eigenvalue weighted by molar-refractivity contribution is -0.123. The molecule has 0 aromatic carbocycles. The molecule has 0 aromatic rings. The van der Waals surface area contributed by atoms with Gasteiger partial charge in [-0.3, -0.25) is 4.79 Å². The zero-order valence-electron chi connectivity index (χ0n) is 41.3. The number of hydrogen-bond acceptors (Lipinski definition) is 3. The molecular formula is C56H111NO3. The van der Waals surface area contributed by atoms with Crippen LogP contribution < -0.4 is 5.32 Å². The monoisotopic (exact) mass is 846 g/mol. The van der Waals surface area contributed by atoms with E-state index in [4.69, 9.17) is 0 Å². The molecule has 0 bridgehead atoms. The van der Waals surface area contributed by atoms with E-state index in [1.165, 1.54) is 270 Å². The Kier molecular flexibility index (Phi) is 51.7. The van der Waals surface area contributed by atoms with Crippen molar-refractivity contribution in [2.75, 3.05) is 6.61 Å². The predicted molar refractivity (Wildman–Crippen MR) is 267 cm³/mol. The van der Waals surface area contributed by atoms with E-state index in [-0.39, 0.29) is 12.5 Å². The molecule has 0 saturated carbocycles. The van der Waals surface area contributed by atoms with Crippen molar-refractivity contribution in [1.29, 1.82) is 0 Å². The second-order valence-corrected chi connectivity index (χ2v) is 19.4. The molecule has 358 valence electrons. The van der Waals surface area contributed by atoms with Crippen LogP contribution in [0.25, 0.3) is 0 Å². The minimum atomic E-state index is -0.658. The molecule has 1 amide bonds. The largest absolute Gasteiger partial charge is 0.394 e. The van der Waals surface area contributed by atoms with E-state index < -0.39 is 12.1 Å². The molecule has 0 saturated heterocycles. The Morgan fingerprint density at radius 1 is 0.383 bits per heavy atom. The van der Waals surface area contributed by atoms with Gasteiger partial charge in [0.25, 0.3) is 0 Å². The van der Waals surface area contributed by atoms with E-state index in [1.807, 2.05) is 0 Å². The van der Waals surface area contributed by atoms with Gasteiger partial charge in [0.15, 0.2) is 0 Å². The summed E-state index contributed by atoms with van der Waals surface area (Å²) in [6.45, 7) is 4.40. The van der Waals surface area contributed by atoms with Crippen molar-refractivity contribution in [3.8, 4) is 0 Å². The van der Waals surface area contributed by atoms with Crippen LogP contribution in [0.4, 0.5) is 0 Å². The Morgan fingerprint density at radius 3 is 0.917 bits per heavy atom. The van der Waals surface area contributed by atoms with Crippen LogP contribution in [0.15, 0.2) is 12.2 Å². The van der Waals surface area contributed by atoms with Gasteiger partial charge >= 0.3 is 0 Å². The van der Waals surface area contributed by atoms with Crippen molar-refractivity contribution in [3.63, 3.8) is 0 Å². The van der Waals surface area contributed by atoms with Crippen molar-refractivity contribution in [2.24, 2.45) is 0 Å². The third-order valence-corrected chi connectivity index (χ3v) is 13.3. The smallest absolute Gasteiger partial charge is 0.220 e. The van der Waals surface area contributed by atoms with Crippen molar-refractivity contribution in [1.82, 2.24) is 5.32 Å². The standard InChI is InChI=1S/C56H111NO3/c1-3-5-7-9-11-13-15-17-19-21-23-25-27-28-30-32-34-36-38-40-42-44-46-48-50-52-56(60)57-54(53-58)55(59)51-49-47-45-43-41-39-37-35-33-31-29-26-24-22-20-18-16-14-12-10-8-6-4-2/h28,30,54-55,58-59H,3-27,29,31-53H2,1-2H3,(H,57,60)/b30-28-. The van der Waals surface area contributed by atoms with E-state index in [1.54, 1.807) is 0 Å². The number of unbranched alkanes of at least 4 members (excludes halogenated alkanes) is 43. The fourth-order valence-electron chi connectivity index (χ4n) is 9.01. The lowest BCUT2D eigenvalue weighted by Gasteiger charge is -2.22. The van der Waals surface area contributed by atoms with Gasteiger partial charge in [-0.1, -0.05) is 289 Å². The highest BCUT2D eigenvalue weighted by Gasteiger charge is 2.20. The second-order valence-electron chi connectivity index (χ2n) is 19.4. The first kappa shape index (κ1) is 59.1. The van der Waals surface area contributed by atoms with Crippen LogP contribution >= 0.6 is 0 Å². The van der Waals surface area contributed by atoms with Crippen molar-refractivity contribution in [3.05, 3.63) is 12.2 Å². The molecule has 60 heavy (non-hydrogen) atoms. The van der Waals surface area contributed by atoms with Gasteiger partial charge in [-0.15, -0.1) is 0 Å². The zero-order chi connectivity index (χ0) is 43.5. The third kappa shape index (κ3) is 48.2. The highest BCUT2D eigenvalue weighted by molar-refractivity contribution is 5.76. The van der Waals surface area contributed by atoms with Crippen molar-refractivity contribution < 1.29 is 15.0 Å². The molecule has 2 unspecified atom stereocenters. The minimum absolute atomic E-state index is 0.0272. The first-order valence-corrected chi connectivity index (χ1v) is 27.9. The lowest BCUT2D eigenvalue weighted by Crippen LogP contribution is -2.45. The number of aliphatic hydroxyl groups is 2. The maximum atomic E-state index is 12.5. The van der Waals surface area contributed by atoms with Gasteiger partial charge in [-0.05, 0) is 38.5 Å². The fourth-order valence-corrected chi connectivity index (χ4v) is 9.01. The summed E-state index contributed by atoms with van der Waals surface area (Å²) < 4.78 is 0. The quantitative estimate of drug-likeness (QED) is 0.0422. The van der Waals surface area contributed by atoms with Crippen LogP contribution in [-0.2, 0) is 4.79 Å². The molecule has 4 heteroatoms. The molecule has 0 aromatic heterocycles. The molecule has 4 nitrogen and oxygen atoms in total. The van der Waals surface area contributed by atoms with Crippen LogP contribution in [0.1, 0.15) is 322 Å². The maximum Gasteiger partial charge on any atom is 0.220 e. The Morgan fingerprint density at radius 2 is 0.633 bits per heavy atom. The van der Waals surface area contributed by atoms with E-state index in [2.05, 4.69) is 31.3 Å². The average Bonchev–Trinajstić information content (AvgIpc) is 3.25. The van der Waals surface area contributed by atoms with E-state index in [9.17, 15) is 15.0 Å². The Balaban J connectivity index is 3.43. The summed E-state index contributed by atoms with van der Waals surface area (Å²) in [6.07, 6.45) is 67.7. The van der Waals surface area contributed by atoms with E-state index >= 15 is 0 Å². The molecular weight excluding hydrogens is 735 g/mol. The summed E-state index contributed by atoms with van der Waals surface area (Å²) >= 11 is 0. The highest BCUT2D eigenvalue weighted by Crippen LogP contribution is 2.18. The Labute approximate surface area is 377 Å². The van der Waals surface area contributed by atoms with Gasteiger partial charge < -0.3 is 15.5 Å². The molecule has 0 radical (unpaired) electrons. The number of hydrogen-bond donors (Lipinski definition) is 3. The van der Waals surface area contributed by atoms with Gasteiger partial charge in [0.1, 0.15) is 0 Å². The minimum Gasteiger partial charge on any atom is -0.394 e. The highest BCUT2D eigenvalue weighted by atomic mass is 16.3. The van der Waals surface area contributed by atoms with Gasteiger partial charge in [0.2, 0.25) is 5.91 Å². The molecule has 0 aliphatic carbocycles. The van der Waals surface area contributed by atoms with Crippen LogP contribution in [-0.4, -0.2) is 34.9 Å². The van der Waals surface area contributed by atoms with Crippen molar-refractivity contribution in [2.45, 2.75) is 334 Å². The summed E-state index contributed by atoms with van der Waals surface area (Å²) in [7, 11) is 0. The normalized spacial score (nSPS) is 12.8. The van der Waals surface area contributed by atoms with Crippen LogP contribution in [0.5, 0.6) is 0 Å². The number of carbonyl (C=O) groups is 1. The number of aliphatic hydroxyl groups excluding tert-OH is 2. The molecule has 0 aliphatic heterocycles. The van der Waals surface area contributed by atoms with Crippen LogP contribution in [0.3, 0.4) is 0 Å². The number of nitrogens with one attached hydrogen (secondary N) is 1. The molecule has 3 N–H and O–H groups in total. The SMILES string of the molecule is CCCCCCCCCCCCCC/C=C\CCCCCCCCCCCC(=O)NC(CO)C(O)CCCCCCCCCCCCCCCCCCCCCCCCC. The summed E-state index contributed by atoms with van der Waals surface area (Å²) in [5, 5.41) is 23.3. The molecule has 2 atom stereocenters. The van der Waals surface area contributed by atoms with Crippen LogP contribution in [0.2, 0.25) is 0 Å². The zero-order valence-corrected chi connectivity index (χ0v) is 41.3. The van der Waals surface area contributed by atoms with Crippen LogP contribution in [0, 0.1) is 0 Å². The molecule has 0 heterocycles. The van der Waals surface area contributed by atoms with Gasteiger partial charge in [-0.25, -0.2) is 0 Å². The van der Waals surface area contributed by atoms with Gasteiger partial charge in [0, 0.05) is 6.42 Å². The summed E-state index contributed by atoms with van der Waals surface area (Å²) in [5.74, 6) is -0.0272.